The Morgan fingerprint density at radius 3 is 2.74 bits per heavy atom. The summed E-state index contributed by atoms with van der Waals surface area (Å²) in [6.45, 7) is 0.513. The molecule has 4 amide bonds. The first-order valence-electron chi connectivity index (χ1n) is 7.59. The fraction of sp³-hybridized carbons (Fsp3) is 0.438. The minimum Gasteiger partial charge on any atom is -0.497 e. The molecule has 0 radical (unpaired) electrons. The van der Waals surface area contributed by atoms with Gasteiger partial charge in [-0.05, 0) is 37.0 Å². The van der Waals surface area contributed by atoms with Crippen LogP contribution in [0.25, 0.3) is 0 Å². The van der Waals surface area contributed by atoms with Crippen LogP contribution in [0.15, 0.2) is 24.3 Å². The second-order valence-electron chi connectivity index (χ2n) is 5.36. The van der Waals surface area contributed by atoms with E-state index in [9.17, 15) is 14.4 Å². The van der Waals surface area contributed by atoms with Gasteiger partial charge in [0.15, 0.2) is 0 Å². The molecule has 1 aromatic carbocycles. The van der Waals surface area contributed by atoms with Crippen LogP contribution in [-0.4, -0.2) is 37.5 Å². The third kappa shape index (κ3) is 5.28. The number of hydrogen-bond donors (Lipinski definition) is 3. The van der Waals surface area contributed by atoms with Gasteiger partial charge in [0.2, 0.25) is 11.8 Å². The van der Waals surface area contributed by atoms with Gasteiger partial charge in [-0.2, -0.15) is 0 Å². The van der Waals surface area contributed by atoms with E-state index in [-0.39, 0.29) is 18.2 Å². The van der Waals surface area contributed by atoms with E-state index in [1.807, 2.05) is 24.3 Å². The van der Waals surface area contributed by atoms with Crippen molar-refractivity contribution in [2.45, 2.75) is 31.7 Å². The van der Waals surface area contributed by atoms with Gasteiger partial charge < -0.3 is 15.4 Å². The molecule has 2 rings (SSSR count). The lowest BCUT2D eigenvalue weighted by molar-refractivity contribution is -0.123. The zero-order valence-electron chi connectivity index (χ0n) is 13.1. The molecule has 1 atom stereocenters. The molecule has 124 valence electrons. The molecule has 1 heterocycles. The van der Waals surface area contributed by atoms with Crippen molar-refractivity contribution >= 4 is 17.8 Å². The smallest absolute Gasteiger partial charge is 0.322 e. The van der Waals surface area contributed by atoms with Crippen molar-refractivity contribution in [3.05, 3.63) is 29.8 Å². The van der Waals surface area contributed by atoms with E-state index in [1.54, 1.807) is 7.11 Å². The molecule has 0 aromatic heterocycles. The molecule has 1 saturated heterocycles. The predicted octanol–water partition coefficient (Wildman–Crippen LogP) is 0.732. The second-order valence-corrected chi connectivity index (χ2v) is 5.36. The molecule has 1 aliphatic heterocycles. The molecule has 1 aliphatic rings. The van der Waals surface area contributed by atoms with Crippen molar-refractivity contribution in [1.29, 1.82) is 0 Å². The van der Waals surface area contributed by atoms with Gasteiger partial charge in [0.25, 0.3) is 0 Å². The Morgan fingerprint density at radius 1 is 1.30 bits per heavy atom. The maximum atomic E-state index is 12.0. The van der Waals surface area contributed by atoms with Gasteiger partial charge in [-0.3, -0.25) is 14.9 Å². The highest BCUT2D eigenvalue weighted by Crippen LogP contribution is 2.12. The van der Waals surface area contributed by atoms with Gasteiger partial charge in [0.05, 0.1) is 7.11 Å². The number of methoxy groups -OCH3 is 1. The Hall–Kier alpha value is -2.57. The number of amides is 4. The van der Waals surface area contributed by atoms with Crippen molar-refractivity contribution in [3.63, 3.8) is 0 Å². The van der Waals surface area contributed by atoms with E-state index in [1.165, 1.54) is 0 Å². The standard InChI is InChI=1S/C16H21N3O4/c1-23-12-6-4-11(5-7-12)3-2-10-17-15(21)13-8-9-14(20)19-16(22)18-13/h4-7,13H,2-3,8-10H2,1H3,(H,17,21)(H2,18,19,20,22). The average molecular weight is 319 g/mol. The highest BCUT2D eigenvalue weighted by atomic mass is 16.5. The molecule has 7 heteroatoms. The van der Waals surface area contributed by atoms with Crippen LogP contribution in [0.1, 0.15) is 24.8 Å². The normalized spacial score (nSPS) is 17.7. The molecule has 7 nitrogen and oxygen atoms in total. The average Bonchev–Trinajstić information content (AvgIpc) is 2.72. The number of hydrogen-bond acceptors (Lipinski definition) is 4. The predicted molar refractivity (Wildman–Crippen MR) is 84.0 cm³/mol. The molecule has 1 unspecified atom stereocenters. The highest BCUT2D eigenvalue weighted by molar-refractivity contribution is 5.98. The lowest BCUT2D eigenvalue weighted by atomic mass is 10.1. The number of imide groups is 1. The van der Waals surface area contributed by atoms with Crippen molar-refractivity contribution in [2.75, 3.05) is 13.7 Å². The van der Waals surface area contributed by atoms with E-state index in [0.717, 1.165) is 24.2 Å². The summed E-state index contributed by atoms with van der Waals surface area (Å²) >= 11 is 0. The topological polar surface area (TPSA) is 96.5 Å². The second kappa shape index (κ2) is 8.17. The Kier molecular flexibility index (Phi) is 5.96. The van der Waals surface area contributed by atoms with Gasteiger partial charge in [-0.25, -0.2) is 4.79 Å². The van der Waals surface area contributed by atoms with Crippen molar-refractivity contribution < 1.29 is 19.1 Å². The minimum absolute atomic E-state index is 0.155. The van der Waals surface area contributed by atoms with Gasteiger partial charge in [-0.1, -0.05) is 12.1 Å². The summed E-state index contributed by atoms with van der Waals surface area (Å²) in [5.41, 5.74) is 1.16. The Labute approximate surface area is 134 Å². The van der Waals surface area contributed by atoms with Crippen molar-refractivity contribution in [1.82, 2.24) is 16.0 Å². The molecule has 0 spiro atoms. The summed E-state index contributed by atoms with van der Waals surface area (Å²) < 4.78 is 5.10. The van der Waals surface area contributed by atoms with Crippen molar-refractivity contribution in [2.24, 2.45) is 0 Å². The monoisotopic (exact) mass is 319 g/mol. The number of aryl methyl sites for hydroxylation is 1. The summed E-state index contributed by atoms with van der Waals surface area (Å²) in [6.07, 6.45) is 2.09. The molecule has 3 N–H and O–H groups in total. The lowest BCUT2D eigenvalue weighted by Gasteiger charge is -2.14. The first-order chi connectivity index (χ1) is 11.1. The fourth-order valence-electron chi connectivity index (χ4n) is 2.35. The maximum absolute atomic E-state index is 12.0. The van der Waals surface area contributed by atoms with Gasteiger partial charge in [0, 0.05) is 13.0 Å². The van der Waals surface area contributed by atoms with Crippen LogP contribution in [0.2, 0.25) is 0 Å². The number of nitrogens with one attached hydrogen (secondary N) is 3. The van der Waals surface area contributed by atoms with Gasteiger partial charge in [0.1, 0.15) is 11.8 Å². The van der Waals surface area contributed by atoms with E-state index in [2.05, 4.69) is 16.0 Å². The number of carbonyl (C=O) groups is 3. The van der Waals surface area contributed by atoms with Crippen LogP contribution in [-0.2, 0) is 16.0 Å². The summed E-state index contributed by atoms with van der Waals surface area (Å²) in [5, 5.41) is 7.42. The van der Waals surface area contributed by atoms with E-state index >= 15 is 0 Å². The van der Waals surface area contributed by atoms with Crippen LogP contribution in [0, 0.1) is 0 Å². The number of rotatable bonds is 6. The van der Waals surface area contributed by atoms with Crippen LogP contribution in [0.4, 0.5) is 4.79 Å². The zero-order chi connectivity index (χ0) is 16.7. The van der Waals surface area contributed by atoms with E-state index in [0.29, 0.717) is 13.0 Å². The Bertz CT molecular complexity index is 571. The Morgan fingerprint density at radius 2 is 2.04 bits per heavy atom. The van der Waals surface area contributed by atoms with Gasteiger partial charge >= 0.3 is 6.03 Å². The molecular weight excluding hydrogens is 298 g/mol. The summed E-state index contributed by atoms with van der Waals surface area (Å²) in [6, 6.07) is 6.50. The molecule has 1 fully saturated rings. The molecule has 0 bridgehead atoms. The largest absolute Gasteiger partial charge is 0.497 e. The van der Waals surface area contributed by atoms with E-state index < -0.39 is 12.1 Å². The molecular formula is C16H21N3O4. The first kappa shape index (κ1) is 16.8. The lowest BCUT2D eigenvalue weighted by Crippen LogP contribution is -2.48. The van der Waals surface area contributed by atoms with Crippen LogP contribution in [0.5, 0.6) is 5.75 Å². The number of benzene rings is 1. The molecule has 0 aliphatic carbocycles. The number of ether oxygens (including phenoxy) is 1. The van der Waals surface area contributed by atoms with E-state index in [4.69, 9.17) is 4.74 Å². The Balaban J connectivity index is 1.71. The SMILES string of the molecule is COc1ccc(CCCNC(=O)C2CCC(=O)NC(=O)N2)cc1. The first-order valence-corrected chi connectivity index (χ1v) is 7.59. The van der Waals surface area contributed by atoms with Gasteiger partial charge in [-0.15, -0.1) is 0 Å². The molecule has 1 aromatic rings. The zero-order valence-corrected chi connectivity index (χ0v) is 13.1. The third-order valence-electron chi connectivity index (χ3n) is 3.64. The molecule has 0 saturated carbocycles. The fourth-order valence-corrected chi connectivity index (χ4v) is 2.35. The van der Waals surface area contributed by atoms with Crippen LogP contribution < -0.4 is 20.7 Å². The van der Waals surface area contributed by atoms with Crippen LogP contribution >= 0.6 is 0 Å². The number of urea groups is 1. The third-order valence-corrected chi connectivity index (χ3v) is 3.64. The van der Waals surface area contributed by atoms with Crippen molar-refractivity contribution in [3.8, 4) is 5.75 Å². The molecule has 23 heavy (non-hydrogen) atoms. The summed E-state index contributed by atoms with van der Waals surface area (Å²) in [4.78, 5) is 34.6. The highest BCUT2D eigenvalue weighted by Gasteiger charge is 2.25. The summed E-state index contributed by atoms with van der Waals surface area (Å²) in [5.74, 6) is 0.191. The summed E-state index contributed by atoms with van der Waals surface area (Å²) in [7, 11) is 1.62. The quantitative estimate of drug-likeness (QED) is 0.674. The minimum atomic E-state index is -0.664. The maximum Gasteiger partial charge on any atom is 0.322 e. The van der Waals surface area contributed by atoms with Crippen LogP contribution in [0.3, 0.4) is 0 Å². The number of carbonyl (C=O) groups excluding carboxylic acids is 3.